The highest BCUT2D eigenvalue weighted by atomic mass is 16.2. The van der Waals surface area contributed by atoms with Crippen LogP contribution in [0.5, 0.6) is 0 Å². The molecular formula is C14H24N4O3. The number of rotatable bonds is 4. The molecule has 2 N–H and O–H groups in total. The van der Waals surface area contributed by atoms with E-state index in [1.165, 1.54) is 4.90 Å². The van der Waals surface area contributed by atoms with Gasteiger partial charge in [-0.15, -0.1) is 0 Å². The normalized spacial score (nSPS) is 24.0. The molecule has 2 rings (SSSR count). The number of amides is 4. The van der Waals surface area contributed by atoms with Crippen molar-refractivity contribution in [2.24, 2.45) is 5.92 Å². The van der Waals surface area contributed by atoms with Crippen molar-refractivity contribution in [2.45, 2.75) is 32.7 Å². The summed E-state index contributed by atoms with van der Waals surface area (Å²) in [7, 11) is 0. The van der Waals surface area contributed by atoms with Gasteiger partial charge in [0.2, 0.25) is 11.8 Å². The number of nitrogens with zero attached hydrogens (tertiary/aromatic N) is 2. The van der Waals surface area contributed by atoms with Crippen molar-refractivity contribution in [3.63, 3.8) is 0 Å². The second-order valence-electron chi connectivity index (χ2n) is 6.04. The van der Waals surface area contributed by atoms with Crippen molar-refractivity contribution in [3.05, 3.63) is 0 Å². The summed E-state index contributed by atoms with van der Waals surface area (Å²) < 4.78 is 0. The van der Waals surface area contributed by atoms with Gasteiger partial charge in [-0.05, 0) is 18.8 Å². The fraction of sp³-hybridized carbons (Fsp3) is 0.786. The molecule has 2 heterocycles. The zero-order valence-corrected chi connectivity index (χ0v) is 12.7. The van der Waals surface area contributed by atoms with E-state index in [-0.39, 0.29) is 30.4 Å². The lowest BCUT2D eigenvalue weighted by molar-refractivity contribution is -0.131. The molecule has 0 aromatic rings. The van der Waals surface area contributed by atoms with Gasteiger partial charge in [0, 0.05) is 26.2 Å². The maximum absolute atomic E-state index is 12.3. The van der Waals surface area contributed by atoms with Crippen LogP contribution in [0.2, 0.25) is 0 Å². The van der Waals surface area contributed by atoms with Gasteiger partial charge in [-0.1, -0.05) is 13.8 Å². The minimum atomic E-state index is -0.334. The summed E-state index contributed by atoms with van der Waals surface area (Å²) >= 11 is 0. The van der Waals surface area contributed by atoms with Gasteiger partial charge in [0.1, 0.15) is 0 Å². The van der Waals surface area contributed by atoms with Gasteiger partial charge in [-0.3, -0.25) is 19.4 Å². The van der Waals surface area contributed by atoms with Crippen LogP contribution in [0.4, 0.5) is 4.79 Å². The van der Waals surface area contributed by atoms with Crippen molar-refractivity contribution in [1.82, 2.24) is 20.4 Å². The van der Waals surface area contributed by atoms with Crippen LogP contribution in [-0.2, 0) is 9.59 Å². The average Bonchev–Trinajstić information content (AvgIpc) is 2.78. The molecule has 0 bridgehead atoms. The minimum Gasteiger partial charge on any atom is -0.355 e. The number of hydrogen-bond acceptors (Lipinski definition) is 4. The standard InChI is InChI=1S/C14H24N4O3/c1-10(2)8-11-13(20)15-4-3-6-17(11)9-12(19)18-7-5-16-14(18)21/h10-11H,3-9H2,1-2H3,(H,15,20)(H,16,21)/t11-/m0/s1. The number of hydrogen-bond donors (Lipinski definition) is 2. The number of nitrogens with one attached hydrogen (secondary N) is 2. The SMILES string of the molecule is CC(C)C[C@H]1C(=O)NCCCN1CC(=O)N1CCNC1=O. The average molecular weight is 296 g/mol. The van der Waals surface area contributed by atoms with Crippen LogP contribution in [-0.4, -0.2) is 66.4 Å². The molecule has 2 aliphatic rings. The lowest BCUT2D eigenvalue weighted by atomic mass is 10.0. The smallest absolute Gasteiger partial charge is 0.324 e. The third-order valence-electron chi connectivity index (χ3n) is 3.86. The molecule has 0 unspecified atom stereocenters. The van der Waals surface area contributed by atoms with Gasteiger partial charge in [0.15, 0.2) is 0 Å². The molecule has 0 radical (unpaired) electrons. The van der Waals surface area contributed by atoms with Crippen LogP contribution in [0.25, 0.3) is 0 Å². The Hall–Kier alpha value is -1.63. The minimum absolute atomic E-state index is 0.0140. The molecule has 7 heteroatoms. The summed E-state index contributed by atoms with van der Waals surface area (Å²) in [5, 5.41) is 5.52. The maximum atomic E-state index is 12.3. The second-order valence-corrected chi connectivity index (χ2v) is 6.04. The predicted molar refractivity (Wildman–Crippen MR) is 77.6 cm³/mol. The maximum Gasteiger partial charge on any atom is 0.324 e. The van der Waals surface area contributed by atoms with E-state index in [1.54, 1.807) is 0 Å². The number of urea groups is 1. The zero-order chi connectivity index (χ0) is 15.4. The van der Waals surface area contributed by atoms with E-state index in [0.29, 0.717) is 38.5 Å². The van der Waals surface area contributed by atoms with E-state index in [0.717, 1.165) is 6.42 Å². The zero-order valence-electron chi connectivity index (χ0n) is 12.7. The Bertz CT molecular complexity index is 424. The molecule has 0 aromatic carbocycles. The van der Waals surface area contributed by atoms with Crippen LogP contribution >= 0.6 is 0 Å². The molecule has 0 aromatic heterocycles. The van der Waals surface area contributed by atoms with Crippen LogP contribution in [0.1, 0.15) is 26.7 Å². The Morgan fingerprint density at radius 3 is 2.62 bits per heavy atom. The Balaban J connectivity index is 2.04. The highest BCUT2D eigenvalue weighted by Gasteiger charge is 2.33. The van der Waals surface area contributed by atoms with Gasteiger partial charge in [-0.2, -0.15) is 0 Å². The number of carbonyl (C=O) groups is 3. The topological polar surface area (TPSA) is 81.8 Å². The molecule has 1 atom stereocenters. The first-order chi connectivity index (χ1) is 9.99. The van der Waals surface area contributed by atoms with E-state index < -0.39 is 0 Å². The summed E-state index contributed by atoms with van der Waals surface area (Å²) in [5.41, 5.74) is 0. The third kappa shape index (κ3) is 3.93. The summed E-state index contributed by atoms with van der Waals surface area (Å²) in [6, 6.07) is -0.623. The highest BCUT2D eigenvalue weighted by molar-refractivity contribution is 5.97. The van der Waals surface area contributed by atoms with E-state index >= 15 is 0 Å². The summed E-state index contributed by atoms with van der Waals surface area (Å²) in [5.74, 6) is 0.125. The van der Waals surface area contributed by atoms with Crippen molar-refractivity contribution in [2.75, 3.05) is 32.7 Å². The highest BCUT2D eigenvalue weighted by Crippen LogP contribution is 2.15. The first kappa shape index (κ1) is 15.8. The van der Waals surface area contributed by atoms with Gasteiger partial charge in [0.05, 0.1) is 12.6 Å². The van der Waals surface area contributed by atoms with Crippen molar-refractivity contribution < 1.29 is 14.4 Å². The Labute approximate surface area is 125 Å². The molecular weight excluding hydrogens is 272 g/mol. The number of carbonyl (C=O) groups excluding carboxylic acids is 3. The number of imide groups is 1. The van der Waals surface area contributed by atoms with Crippen molar-refractivity contribution >= 4 is 17.8 Å². The fourth-order valence-corrected chi connectivity index (χ4v) is 2.79. The first-order valence-corrected chi connectivity index (χ1v) is 7.59. The summed E-state index contributed by atoms with van der Waals surface area (Å²) in [6.07, 6.45) is 1.53. The van der Waals surface area contributed by atoms with E-state index in [4.69, 9.17) is 0 Å². The summed E-state index contributed by atoms with van der Waals surface area (Å²) in [6.45, 7) is 6.49. The largest absolute Gasteiger partial charge is 0.355 e. The van der Waals surface area contributed by atoms with Crippen molar-refractivity contribution in [3.8, 4) is 0 Å². The van der Waals surface area contributed by atoms with Crippen LogP contribution in [0.3, 0.4) is 0 Å². The van der Waals surface area contributed by atoms with E-state index in [2.05, 4.69) is 24.5 Å². The molecule has 21 heavy (non-hydrogen) atoms. The van der Waals surface area contributed by atoms with Crippen LogP contribution in [0.15, 0.2) is 0 Å². The first-order valence-electron chi connectivity index (χ1n) is 7.59. The Morgan fingerprint density at radius 1 is 1.24 bits per heavy atom. The molecule has 0 spiro atoms. The van der Waals surface area contributed by atoms with Crippen LogP contribution in [0, 0.1) is 5.92 Å². The Kier molecular flexibility index (Phi) is 5.17. The fourth-order valence-electron chi connectivity index (χ4n) is 2.79. The van der Waals surface area contributed by atoms with Gasteiger partial charge >= 0.3 is 6.03 Å². The third-order valence-corrected chi connectivity index (χ3v) is 3.86. The van der Waals surface area contributed by atoms with Gasteiger partial charge in [0.25, 0.3) is 0 Å². The lowest BCUT2D eigenvalue weighted by Crippen LogP contribution is -2.50. The molecule has 118 valence electrons. The molecule has 2 saturated heterocycles. The molecule has 4 amide bonds. The monoisotopic (exact) mass is 296 g/mol. The lowest BCUT2D eigenvalue weighted by Gasteiger charge is -2.29. The summed E-state index contributed by atoms with van der Waals surface area (Å²) in [4.78, 5) is 39.1. The molecule has 2 fully saturated rings. The Morgan fingerprint density at radius 2 is 2.00 bits per heavy atom. The predicted octanol–water partition coefficient (Wildman–Crippen LogP) is -0.225. The van der Waals surface area contributed by atoms with Gasteiger partial charge < -0.3 is 10.6 Å². The van der Waals surface area contributed by atoms with E-state index in [1.807, 2.05) is 4.90 Å². The van der Waals surface area contributed by atoms with Crippen LogP contribution < -0.4 is 10.6 Å². The molecule has 0 aliphatic carbocycles. The second kappa shape index (κ2) is 6.89. The van der Waals surface area contributed by atoms with Crippen molar-refractivity contribution in [1.29, 1.82) is 0 Å². The molecule has 0 saturated carbocycles. The molecule has 2 aliphatic heterocycles. The quantitative estimate of drug-likeness (QED) is 0.751. The molecule has 7 nitrogen and oxygen atoms in total. The van der Waals surface area contributed by atoms with Gasteiger partial charge in [-0.25, -0.2) is 4.79 Å². The van der Waals surface area contributed by atoms with E-state index in [9.17, 15) is 14.4 Å².